The minimum absolute atomic E-state index is 0.143. The number of benzene rings is 2. The lowest BCUT2D eigenvalue weighted by atomic mass is 10.1. The maximum Gasteiger partial charge on any atom is 0.312 e. The van der Waals surface area contributed by atoms with Gasteiger partial charge in [-0.15, -0.1) is 0 Å². The summed E-state index contributed by atoms with van der Waals surface area (Å²) in [4.78, 5) is 37.0. The first-order valence-corrected chi connectivity index (χ1v) is 9.29. The number of nitrogens with zero attached hydrogens (tertiary/aromatic N) is 2. The molecule has 0 saturated heterocycles. The molecule has 1 amide bonds. The highest BCUT2D eigenvalue weighted by molar-refractivity contribution is 5.96. The predicted octanol–water partition coefficient (Wildman–Crippen LogP) is 2.66. The highest BCUT2D eigenvalue weighted by atomic mass is 16.5. The zero-order valence-corrected chi connectivity index (χ0v) is 16.9. The molecule has 0 aliphatic rings. The number of aromatic nitrogens is 2. The molecule has 3 rings (SSSR count). The van der Waals surface area contributed by atoms with Gasteiger partial charge in [0.2, 0.25) is 0 Å². The number of nitrogens with one attached hydrogen (secondary N) is 1. The van der Waals surface area contributed by atoms with E-state index in [1.54, 1.807) is 24.3 Å². The standard InChI is InChI=1S/C22H23N3O4/c1-13-9-10-18(14(2)11-13)23-21(27)15(3)29-20(26)12-19-16-7-5-6-8-17(16)22(28)25(4)24-19/h5-11,15H,12H2,1-4H3,(H,23,27). The van der Waals surface area contributed by atoms with Gasteiger partial charge in [-0.2, -0.15) is 5.10 Å². The van der Waals surface area contributed by atoms with Crippen molar-refractivity contribution >= 4 is 28.3 Å². The van der Waals surface area contributed by atoms with Gasteiger partial charge in [0.15, 0.2) is 6.10 Å². The molecule has 0 fully saturated rings. The van der Waals surface area contributed by atoms with E-state index in [4.69, 9.17) is 4.74 Å². The Morgan fingerprint density at radius 1 is 1.14 bits per heavy atom. The van der Waals surface area contributed by atoms with Crippen LogP contribution < -0.4 is 10.9 Å². The number of hydrogen-bond acceptors (Lipinski definition) is 5. The third-order valence-corrected chi connectivity index (χ3v) is 4.66. The van der Waals surface area contributed by atoms with Crippen LogP contribution >= 0.6 is 0 Å². The number of carbonyl (C=O) groups is 2. The van der Waals surface area contributed by atoms with E-state index < -0.39 is 18.0 Å². The van der Waals surface area contributed by atoms with Gasteiger partial charge in [0.05, 0.1) is 17.5 Å². The molecule has 0 bridgehead atoms. The molecule has 0 saturated carbocycles. The summed E-state index contributed by atoms with van der Waals surface area (Å²) < 4.78 is 6.49. The molecule has 0 aliphatic heterocycles. The van der Waals surface area contributed by atoms with E-state index in [2.05, 4.69) is 10.4 Å². The van der Waals surface area contributed by atoms with Gasteiger partial charge < -0.3 is 10.1 Å². The van der Waals surface area contributed by atoms with Crippen molar-refractivity contribution in [3.8, 4) is 0 Å². The molecule has 1 unspecified atom stereocenters. The summed E-state index contributed by atoms with van der Waals surface area (Å²) in [6.07, 6.45) is -1.11. The molecule has 1 atom stereocenters. The zero-order chi connectivity index (χ0) is 21.1. The Balaban J connectivity index is 1.71. The van der Waals surface area contributed by atoms with Crippen LogP contribution in [0.4, 0.5) is 5.69 Å². The molecule has 29 heavy (non-hydrogen) atoms. The predicted molar refractivity (Wildman–Crippen MR) is 111 cm³/mol. The van der Waals surface area contributed by atoms with E-state index >= 15 is 0 Å². The van der Waals surface area contributed by atoms with Crippen molar-refractivity contribution in [2.24, 2.45) is 7.05 Å². The highest BCUT2D eigenvalue weighted by Crippen LogP contribution is 2.17. The van der Waals surface area contributed by atoms with Gasteiger partial charge in [-0.05, 0) is 38.5 Å². The molecule has 3 aromatic rings. The minimum Gasteiger partial charge on any atom is -0.452 e. The molecule has 0 radical (unpaired) electrons. The molecule has 1 aromatic heterocycles. The second kappa shape index (κ2) is 8.26. The van der Waals surface area contributed by atoms with Gasteiger partial charge in [0, 0.05) is 18.1 Å². The molecule has 0 aliphatic carbocycles. The van der Waals surface area contributed by atoms with Gasteiger partial charge in [0.25, 0.3) is 11.5 Å². The monoisotopic (exact) mass is 393 g/mol. The summed E-state index contributed by atoms with van der Waals surface area (Å²) in [6, 6.07) is 12.6. The van der Waals surface area contributed by atoms with Crippen LogP contribution in [0.1, 0.15) is 23.7 Å². The van der Waals surface area contributed by atoms with E-state index in [0.29, 0.717) is 22.2 Å². The molecule has 7 heteroatoms. The van der Waals surface area contributed by atoms with Crippen molar-refractivity contribution < 1.29 is 14.3 Å². The fourth-order valence-electron chi connectivity index (χ4n) is 3.12. The topological polar surface area (TPSA) is 90.3 Å². The largest absolute Gasteiger partial charge is 0.452 e. The molecular weight excluding hydrogens is 370 g/mol. The number of carbonyl (C=O) groups excluding carboxylic acids is 2. The van der Waals surface area contributed by atoms with Crippen LogP contribution in [-0.2, 0) is 27.8 Å². The van der Waals surface area contributed by atoms with Crippen molar-refractivity contribution in [3.05, 3.63) is 69.6 Å². The Hall–Kier alpha value is -3.48. The Labute approximate surface area is 168 Å². The van der Waals surface area contributed by atoms with Gasteiger partial charge in [-0.3, -0.25) is 14.4 Å². The summed E-state index contributed by atoms with van der Waals surface area (Å²) in [5, 5.41) is 8.04. The third kappa shape index (κ3) is 4.51. The summed E-state index contributed by atoms with van der Waals surface area (Å²) in [7, 11) is 1.53. The molecule has 0 spiro atoms. The molecule has 1 N–H and O–H groups in total. The Morgan fingerprint density at radius 2 is 1.83 bits per heavy atom. The van der Waals surface area contributed by atoms with Crippen LogP contribution in [0.5, 0.6) is 0 Å². The van der Waals surface area contributed by atoms with Crippen molar-refractivity contribution in [2.75, 3.05) is 5.32 Å². The number of ether oxygens (including phenoxy) is 1. The van der Waals surface area contributed by atoms with Gasteiger partial charge >= 0.3 is 5.97 Å². The highest BCUT2D eigenvalue weighted by Gasteiger charge is 2.20. The average Bonchev–Trinajstić information content (AvgIpc) is 2.68. The SMILES string of the molecule is Cc1ccc(NC(=O)C(C)OC(=O)Cc2nn(C)c(=O)c3ccccc23)c(C)c1. The number of amides is 1. The van der Waals surface area contributed by atoms with Gasteiger partial charge in [-0.25, -0.2) is 4.68 Å². The second-order valence-electron chi connectivity index (χ2n) is 7.04. The van der Waals surface area contributed by atoms with Crippen LogP contribution in [0.2, 0.25) is 0 Å². The normalized spacial score (nSPS) is 11.9. The van der Waals surface area contributed by atoms with E-state index in [1.807, 2.05) is 32.0 Å². The molecule has 1 heterocycles. The minimum atomic E-state index is -0.970. The zero-order valence-electron chi connectivity index (χ0n) is 16.9. The molecule has 150 valence electrons. The Bertz CT molecular complexity index is 1150. The number of anilines is 1. The van der Waals surface area contributed by atoms with Crippen molar-refractivity contribution in [1.29, 1.82) is 0 Å². The van der Waals surface area contributed by atoms with Crippen LogP contribution in [0.25, 0.3) is 10.8 Å². The number of aryl methyl sites for hydroxylation is 3. The summed E-state index contributed by atoms with van der Waals surface area (Å²) in [6.45, 7) is 5.39. The number of fused-ring (bicyclic) bond motifs is 1. The number of esters is 1. The van der Waals surface area contributed by atoms with Gasteiger partial charge in [0.1, 0.15) is 0 Å². The van der Waals surface area contributed by atoms with E-state index in [1.165, 1.54) is 18.7 Å². The first kappa shape index (κ1) is 20.3. The Kier molecular flexibility index (Phi) is 5.77. The Morgan fingerprint density at radius 3 is 2.52 bits per heavy atom. The smallest absolute Gasteiger partial charge is 0.312 e. The lowest BCUT2D eigenvalue weighted by Gasteiger charge is -2.15. The maximum atomic E-state index is 12.4. The first-order chi connectivity index (χ1) is 13.8. The lowest BCUT2D eigenvalue weighted by Crippen LogP contribution is -2.31. The summed E-state index contributed by atoms with van der Waals surface area (Å²) in [5.74, 6) is -1.01. The second-order valence-corrected chi connectivity index (χ2v) is 7.04. The maximum absolute atomic E-state index is 12.4. The van der Waals surface area contributed by atoms with Crippen LogP contribution in [0.15, 0.2) is 47.3 Å². The first-order valence-electron chi connectivity index (χ1n) is 9.29. The van der Waals surface area contributed by atoms with Gasteiger partial charge in [-0.1, -0.05) is 35.9 Å². The molecular formula is C22H23N3O4. The van der Waals surface area contributed by atoms with Crippen LogP contribution in [0.3, 0.4) is 0 Å². The van der Waals surface area contributed by atoms with Crippen LogP contribution in [-0.4, -0.2) is 27.8 Å². The van der Waals surface area contributed by atoms with Crippen molar-refractivity contribution in [3.63, 3.8) is 0 Å². The number of rotatable bonds is 5. The fourth-order valence-corrected chi connectivity index (χ4v) is 3.12. The third-order valence-electron chi connectivity index (χ3n) is 4.66. The van der Waals surface area contributed by atoms with E-state index in [-0.39, 0.29) is 12.0 Å². The molecule has 7 nitrogen and oxygen atoms in total. The average molecular weight is 393 g/mol. The lowest BCUT2D eigenvalue weighted by molar-refractivity contribution is -0.152. The van der Waals surface area contributed by atoms with Crippen molar-refractivity contribution in [1.82, 2.24) is 9.78 Å². The number of hydrogen-bond donors (Lipinski definition) is 1. The quantitative estimate of drug-likeness (QED) is 0.673. The molecule has 2 aromatic carbocycles. The van der Waals surface area contributed by atoms with Crippen molar-refractivity contribution in [2.45, 2.75) is 33.3 Å². The van der Waals surface area contributed by atoms with E-state index in [0.717, 1.165) is 11.1 Å². The summed E-state index contributed by atoms with van der Waals surface area (Å²) in [5.41, 5.74) is 2.89. The van der Waals surface area contributed by atoms with Crippen LogP contribution in [0, 0.1) is 13.8 Å². The van der Waals surface area contributed by atoms with E-state index in [9.17, 15) is 14.4 Å². The summed E-state index contributed by atoms with van der Waals surface area (Å²) >= 11 is 0. The fraction of sp³-hybridized carbons (Fsp3) is 0.273.